The molecule has 5 aliphatic heterocycles. The minimum Gasteiger partial charge on any atom is -0.311 e. The summed E-state index contributed by atoms with van der Waals surface area (Å²) in [5.41, 5.74) is 37.3. The molecule has 12 aromatic carbocycles. The molecule has 0 aliphatic carbocycles. The number of aryl methyl sites for hydroxylation is 4. The Bertz CT molecular complexity index is 3990. The highest BCUT2D eigenvalue weighted by Gasteiger charge is 2.56. The molecule has 0 radical (unpaired) electrons. The maximum Gasteiger partial charge on any atom is 0.251 e. The molecule has 0 amide bonds. The molecule has 0 unspecified atom stereocenters. The first-order valence-corrected chi connectivity index (χ1v) is 28.8. The van der Waals surface area contributed by atoms with Gasteiger partial charge in [-0.25, -0.2) is 0 Å². The molecular weight excluding hydrogens is 990 g/mol. The van der Waals surface area contributed by atoms with Gasteiger partial charge in [0.05, 0.1) is 0 Å². The third-order valence-electron chi connectivity index (χ3n) is 18.3. The summed E-state index contributed by atoms with van der Waals surface area (Å²) in [6.45, 7) is 8.52. The smallest absolute Gasteiger partial charge is 0.251 e. The highest BCUT2D eigenvalue weighted by atomic mass is 15.2. The van der Waals surface area contributed by atoms with E-state index in [4.69, 9.17) is 0 Å². The molecule has 0 fully saturated rings. The van der Waals surface area contributed by atoms with Gasteiger partial charge >= 0.3 is 0 Å². The van der Waals surface area contributed by atoms with Crippen molar-refractivity contribution in [3.63, 3.8) is 0 Å². The van der Waals surface area contributed by atoms with Crippen molar-refractivity contribution in [1.29, 1.82) is 0 Å². The third kappa shape index (κ3) is 6.88. The fraction of sp³-hybridized carbons (Fsp3) is 0.0526. The van der Waals surface area contributed by atoms with E-state index in [0.717, 1.165) is 22.7 Å². The Morgan fingerprint density at radius 2 is 0.354 bits per heavy atom. The second-order valence-corrected chi connectivity index (χ2v) is 23.1. The summed E-state index contributed by atoms with van der Waals surface area (Å²) in [6, 6.07) is 96.5. The van der Waals surface area contributed by atoms with E-state index < -0.39 is 0 Å². The number of benzene rings is 12. The summed E-state index contributed by atoms with van der Waals surface area (Å²) < 4.78 is 0. The van der Waals surface area contributed by atoms with Crippen LogP contribution in [-0.4, -0.2) is 13.4 Å². The topological polar surface area (TPSA) is 13.0 Å². The van der Waals surface area contributed by atoms with Crippen molar-refractivity contribution in [2.75, 3.05) is 19.6 Å². The van der Waals surface area contributed by atoms with Crippen LogP contribution in [0.3, 0.4) is 0 Å². The zero-order chi connectivity index (χ0) is 54.5. The summed E-state index contributed by atoms with van der Waals surface area (Å²) >= 11 is 0. The van der Waals surface area contributed by atoms with Gasteiger partial charge in [-0.3, -0.25) is 0 Å². The monoisotopic (exact) mass is 1040 g/mol. The van der Waals surface area contributed by atoms with Crippen LogP contribution in [-0.2, 0) is 0 Å². The Hall–Kier alpha value is -10.0. The summed E-state index contributed by atoms with van der Waals surface area (Å²) in [7, 11) is 0. The van der Waals surface area contributed by atoms with E-state index in [9.17, 15) is 0 Å². The van der Waals surface area contributed by atoms with E-state index in [1.165, 1.54) is 145 Å². The number of hydrogen-bond donors (Lipinski definition) is 0. The van der Waals surface area contributed by atoms with Gasteiger partial charge in [-0.15, -0.1) is 0 Å². The molecular formula is C76H54B2N4. The van der Waals surface area contributed by atoms with E-state index in [-0.39, 0.29) is 13.4 Å². The van der Waals surface area contributed by atoms with Crippen LogP contribution < -0.4 is 52.4 Å². The lowest BCUT2D eigenvalue weighted by molar-refractivity contribution is 1.23. The molecule has 384 valence electrons. The summed E-state index contributed by atoms with van der Waals surface area (Å²) in [4.78, 5) is 10.3. The standard InChI is InChI=1S/C76H54B2N4/c1-47-11-19-51(20-12-47)55-27-35-59(36-28-55)79-63-7-5-8-64-71(63)77-73-67(79)43-44-68-74(73)78-72-65(81(68)61-39-31-57(32-40-61)53-23-15-49(3)16-24-53)9-6-10-66(72)82(62-41-33-58(34-42-62)54-25-17-50(4)18-26-54)70-46-45-69(75(77)76(70)78)80(64)60-37-29-56(30-38-60)52-21-13-48(2)14-22-52/h5-46H,1-4H3. The van der Waals surface area contributed by atoms with Gasteiger partial charge in [0.25, 0.3) is 13.4 Å². The van der Waals surface area contributed by atoms with Crippen molar-refractivity contribution in [2.24, 2.45) is 0 Å². The van der Waals surface area contributed by atoms with Gasteiger partial charge in [-0.1, -0.05) is 180 Å². The summed E-state index contributed by atoms with van der Waals surface area (Å²) in [6.07, 6.45) is 0. The fourth-order valence-electron chi connectivity index (χ4n) is 14.4. The van der Waals surface area contributed by atoms with Crippen LogP contribution in [0.2, 0.25) is 0 Å². The minimum absolute atomic E-state index is 0.0492. The Kier molecular flexibility index (Phi) is 10.1. The normalized spacial score (nSPS) is 13.5. The highest BCUT2D eigenvalue weighted by Crippen LogP contribution is 2.51. The van der Waals surface area contributed by atoms with Gasteiger partial charge in [-0.05, 0) is 202 Å². The Balaban J connectivity index is 0.929. The Morgan fingerprint density at radius 1 is 0.183 bits per heavy atom. The van der Waals surface area contributed by atoms with Gasteiger partial charge < -0.3 is 19.6 Å². The zero-order valence-corrected chi connectivity index (χ0v) is 46.2. The number of anilines is 12. The molecule has 12 aromatic rings. The van der Waals surface area contributed by atoms with Crippen LogP contribution in [0, 0.1) is 27.7 Å². The van der Waals surface area contributed by atoms with Crippen molar-refractivity contribution < 1.29 is 0 Å². The number of hydrogen-bond acceptors (Lipinski definition) is 4. The van der Waals surface area contributed by atoms with E-state index in [1.807, 2.05) is 0 Å². The lowest BCUT2D eigenvalue weighted by Gasteiger charge is -2.53. The lowest BCUT2D eigenvalue weighted by atomic mass is 9.18. The number of nitrogens with zero attached hydrogens (tertiary/aromatic N) is 4. The van der Waals surface area contributed by atoms with E-state index >= 15 is 0 Å². The molecule has 5 heterocycles. The van der Waals surface area contributed by atoms with Crippen LogP contribution in [0.1, 0.15) is 22.3 Å². The summed E-state index contributed by atoms with van der Waals surface area (Å²) in [5.74, 6) is 0. The van der Waals surface area contributed by atoms with E-state index in [1.54, 1.807) is 0 Å². The predicted octanol–water partition coefficient (Wildman–Crippen LogP) is 16.1. The highest BCUT2D eigenvalue weighted by molar-refractivity contribution is 7.16. The predicted molar refractivity (Wildman–Crippen MR) is 349 cm³/mol. The van der Waals surface area contributed by atoms with Crippen LogP contribution in [0.5, 0.6) is 0 Å². The maximum atomic E-state index is 2.58. The lowest BCUT2D eigenvalue weighted by Crippen LogP contribution is -2.81. The van der Waals surface area contributed by atoms with Crippen molar-refractivity contribution in [2.45, 2.75) is 27.7 Å². The zero-order valence-electron chi connectivity index (χ0n) is 46.2. The first-order valence-electron chi connectivity index (χ1n) is 28.8. The first-order chi connectivity index (χ1) is 40.3. The van der Waals surface area contributed by atoms with E-state index in [0.29, 0.717) is 0 Å². The molecule has 5 aliphatic rings. The molecule has 0 spiro atoms. The van der Waals surface area contributed by atoms with Gasteiger partial charge in [0.15, 0.2) is 0 Å². The van der Waals surface area contributed by atoms with Crippen LogP contribution in [0.4, 0.5) is 68.2 Å². The second-order valence-electron chi connectivity index (χ2n) is 23.1. The summed E-state index contributed by atoms with van der Waals surface area (Å²) in [5, 5.41) is 0. The van der Waals surface area contributed by atoms with Gasteiger partial charge in [0.2, 0.25) is 0 Å². The minimum atomic E-state index is -0.0492. The third-order valence-corrected chi connectivity index (χ3v) is 18.3. The molecule has 0 atom stereocenters. The van der Waals surface area contributed by atoms with Crippen molar-refractivity contribution in [3.05, 3.63) is 277 Å². The Labute approximate surface area is 480 Å². The molecule has 6 heteroatoms. The Morgan fingerprint density at radius 3 is 0.549 bits per heavy atom. The van der Waals surface area contributed by atoms with Gasteiger partial charge in [-0.2, -0.15) is 0 Å². The van der Waals surface area contributed by atoms with Crippen molar-refractivity contribution >= 4 is 114 Å². The number of rotatable bonds is 8. The van der Waals surface area contributed by atoms with Gasteiger partial charge in [0.1, 0.15) is 0 Å². The van der Waals surface area contributed by atoms with E-state index in [2.05, 4.69) is 302 Å². The molecule has 4 nitrogen and oxygen atoms in total. The molecule has 82 heavy (non-hydrogen) atoms. The average molecular weight is 1040 g/mol. The average Bonchev–Trinajstić information content (AvgIpc) is 1.15. The fourth-order valence-corrected chi connectivity index (χ4v) is 14.4. The van der Waals surface area contributed by atoms with Crippen molar-refractivity contribution in [1.82, 2.24) is 0 Å². The molecule has 0 bridgehead atoms. The molecule has 0 N–H and O–H groups in total. The molecule has 0 saturated carbocycles. The first kappa shape index (κ1) is 46.8. The molecule has 17 rings (SSSR count). The molecule has 0 saturated heterocycles. The van der Waals surface area contributed by atoms with Crippen LogP contribution >= 0.6 is 0 Å². The van der Waals surface area contributed by atoms with Crippen LogP contribution in [0.15, 0.2) is 255 Å². The maximum absolute atomic E-state index is 2.58. The molecule has 0 aromatic heterocycles. The van der Waals surface area contributed by atoms with Crippen molar-refractivity contribution in [3.8, 4) is 44.5 Å². The quantitative estimate of drug-likeness (QED) is 0.141. The largest absolute Gasteiger partial charge is 0.311 e. The SMILES string of the molecule is Cc1ccc(-c2ccc(N3c4cccc5c4B4c6c3ccc3c6B6c7c(cccc7N(c7ccc(-c8ccc(C)cc8)cc7)c7ccc(c4c76)N5c4ccc(-c5ccc(C)cc5)cc4)N3c3ccc(-c4ccc(C)cc4)cc3)cc2)cc1. The van der Waals surface area contributed by atoms with Gasteiger partial charge in [0, 0.05) is 68.2 Å². The second kappa shape index (κ2) is 17.7. The van der Waals surface area contributed by atoms with Crippen LogP contribution in [0.25, 0.3) is 44.5 Å².